The molecule has 1 aliphatic heterocycles. The predicted molar refractivity (Wildman–Crippen MR) is 83.4 cm³/mol. The molecule has 8 heteroatoms. The Hall–Kier alpha value is -3.42. The summed E-state index contributed by atoms with van der Waals surface area (Å²) in [5.41, 5.74) is 0.993. The van der Waals surface area contributed by atoms with Crippen molar-refractivity contribution >= 4 is 5.91 Å². The molecule has 0 radical (unpaired) electrons. The molecule has 0 atom stereocenters. The van der Waals surface area contributed by atoms with Crippen molar-refractivity contribution in [1.82, 2.24) is 15.5 Å². The molecule has 0 fully saturated rings. The van der Waals surface area contributed by atoms with Crippen LogP contribution >= 0.6 is 0 Å². The fourth-order valence-corrected chi connectivity index (χ4v) is 2.36. The highest BCUT2D eigenvalue weighted by Gasteiger charge is 2.19. The zero-order chi connectivity index (χ0) is 17.2. The van der Waals surface area contributed by atoms with E-state index in [2.05, 4.69) is 15.5 Å². The average molecular weight is 341 g/mol. The molecule has 0 unspecified atom stereocenters. The van der Waals surface area contributed by atoms with Crippen molar-refractivity contribution < 1.29 is 23.2 Å². The summed E-state index contributed by atoms with van der Waals surface area (Å²) in [6.07, 6.45) is 0. The van der Waals surface area contributed by atoms with Gasteiger partial charge in [0.25, 0.3) is 0 Å². The second-order valence-corrected chi connectivity index (χ2v) is 5.27. The van der Waals surface area contributed by atoms with Crippen LogP contribution in [0, 0.1) is 5.82 Å². The van der Waals surface area contributed by atoms with E-state index in [4.69, 9.17) is 14.0 Å². The standard InChI is InChI=1S/C17H12FN3O4/c18-12-4-2-1-3-11(12)8-19-16(22)17-20-15(21-25-17)10-5-6-13-14(7-10)24-9-23-13/h1-7H,8-9H2,(H,19,22). The lowest BCUT2D eigenvalue weighted by molar-refractivity contribution is 0.0906. The normalized spacial score (nSPS) is 12.2. The Morgan fingerprint density at radius 2 is 2.00 bits per heavy atom. The molecule has 126 valence electrons. The first-order chi connectivity index (χ1) is 12.2. The van der Waals surface area contributed by atoms with Crippen molar-refractivity contribution in [2.75, 3.05) is 6.79 Å². The Bertz CT molecular complexity index is 941. The van der Waals surface area contributed by atoms with E-state index in [-0.39, 0.29) is 25.1 Å². The summed E-state index contributed by atoms with van der Waals surface area (Å²) in [6, 6.07) is 11.3. The molecule has 1 amide bonds. The number of amides is 1. The summed E-state index contributed by atoms with van der Waals surface area (Å²) in [5.74, 6) is 0.276. The maximum Gasteiger partial charge on any atom is 0.316 e. The molecule has 3 aromatic rings. The number of hydrogen-bond donors (Lipinski definition) is 1. The maximum absolute atomic E-state index is 13.6. The van der Waals surface area contributed by atoms with E-state index >= 15 is 0 Å². The van der Waals surface area contributed by atoms with Gasteiger partial charge in [0, 0.05) is 17.7 Å². The third-order valence-corrected chi connectivity index (χ3v) is 3.65. The molecular formula is C17H12FN3O4. The van der Waals surface area contributed by atoms with Gasteiger partial charge in [0.1, 0.15) is 5.82 Å². The zero-order valence-corrected chi connectivity index (χ0v) is 12.9. The van der Waals surface area contributed by atoms with E-state index in [0.717, 1.165) is 0 Å². The van der Waals surface area contributed by atoms with Gasteiger partial charge < -0.3 is 19.3 Å². The van der Waals surface area contributed by atoms with Crippen LogP contribution in [0.4, 0.5) is 4.39 Å². The molecule has 0 saturated heterocycles. The van der Waals surface area contributed by atoms with Crippen LogP contribution in [0.1, 0.15) is 16.2 Å². The lowest BCUT2D eigenvalue weighted by atomic mass is 10.2. The molecule has 7 nitrogen and oxygen atoms in total. The van der Waals surface area contributed by atoms with E-state index in [1.807, 2.05) is 0 Å². The van der Waals surface area contributed by atoms with Gasteiger partial charge in [-0.05, 0) is 24.3 Å². The molecular weight excluding hydrogens is 329 g/mol. The van der Waals surface area contributed by atoms with Crippen molar-refractivity contribution in [3.8, 4) is 22.9 Å². The van der Waals surface area contributed by atoms with Gasteiger partial charge in [0.15, 0.2) is 11.5 Å². The minimum atomic E-state index is -0.581. The Morgan fingerprint density at radius 1 is 1.16 bits per heavy atom. The Labute approximate surface area is 141 Å². The number of halogens is 1. The molecule has 0 aliphatic carbocycles. The largest absolute Gasteiger partial charge is 0.454 e. The van der Waals surface area contributed by atoms with Gasteiger partial charge in [-0.3, -0.25) is 4.79 Å². The minimum absolute atomic E-state index is 0.0211. The summed E-state index contributed by atoms with van der Waals surface area (Å²) in [5, 5.41) is 6.33. The minimum Gasteiger partial charge on any atom is -0.454 e. The van der Waals surface area contributed by atoms with Gasteiger partial charge in [-0.25, -0.2) is 4.39 Å². The van der Waals surface area contributed by atoms with E-state index in [9.17, 15) is 9.18 Å². The molecule has 2 aromatic carbocycles. The molecule has 0 saturated carbocycles. The Morgan fingerprint density at radius 3 is 2.88 bits per heavy atom. The monoisotopic (exact) mass is 341 g/mol. The number of carbonyl (C=O) groups is 1. The number of nitrogens with zero attached hydrogens (tertiary/aromatic N) is 2. The van der Waals surface area contributed by atoms with Crippen LogP contribution in [-0.4, -0.2) is 22.8 Å². The van der Waals surface area contributed by atoms with Crippen molar-refractivity contribution in [1.29, 1.82) is 0 Å². The topological polar surface area (TPSA) is 86.5 Å². The fraction of sp³-hybridized carbons (Fsp3) is 0.118. The Balaban J connectivity index is 1.47. The Kier molecular flexibility index (Phi) is 3.77. The van der Waals surface area contributed by atoms with E-state index in [1.165, 1.54) is 6.07 Å². The molecule has 25 heavy (non-hydrogen) atoms. The van der Waals surface area contributed by atoms with Crippen molar-refractivity contribution in [2.45, 2.75) is 6.54 Å². The molecule has 2 heterocycles. The van der Waals surface area contributed by atoms with E-state index in [0.29, 0.717) is 22.6 Å². The van der Waals surface area contributed by atoms with Crippen LogP contribution in [0.15, 0.2) is 47.0 Å². The number of rotatable bonds is 4. The molecule has 1 aliphatic rings. The number of nitrogens with one attached hydrogen (secondary N) is 1. The lowest BCUT2D eigenvalue weighted by Crippen LogP contribution is -2.23. The van der Waals surface area contributed by atoms with E-state index in [1.54, 1.807) is 36.4 Å². The molecule has 1 N–H and O–H groups in total. The first-order valence-corrected chi connectivity index (χ1v) is 7.46. The van der Waals surface area contributed by atoms with Crippen molar-refractivity contribution in [3.63, 3.8) is 0 Å². The predicted octanol–water partition coefficient (Wildman–Crippen LogP) is 2.53. The number of aromatic nitrogens is 2. The van der Waals surface area contributed by atoms with Crippen LogP contribution in [0.2, 0.25) is 0 Å². The van der Waals surface area contributed by atoms with Crippen molar-refractivity contribution in [3.05, 3.63) is 59.7 Å². The summed E-state index contributed by atoms with van der Waals surface area (Å²) < 4.78 is 29.1. The first-order valence-electron chi connectivity index (χ1n) is 7.46. The van der Waals surface area contributed by atoms with Gasteiger partial charge in [0.2, 0.25) is 12.6 Å². The van der Waals surface area contributed by atoms with Crippen LogP contribution in [-0.2, 0) is 6.54 Å². The smallest absolute Gasteiger partial charge is 0.316 e. The quantitative estimate of drug-likeness (QED) is 0.785. The van der Waals surface area contributed by atoms with Crippen LogP contribution < -0.4 is 14.8 Å². The van der Waals surface area contributed by atoms with E-state index < -0.39 is 11.7 Å². The number of carbonyl (C=O) groups excluding carboxylic acids is 1. The molecule has 0 spiro atoms. The second kappa shape index (κ2) is 6.23. The summed E-state index contributed by atoms with van der Waals surface area (Å²) in [4.78, 5) is 16.1. The van der Waals surface area contributed by atoms with Gasteiger partial charge >= 0.3 is 11.8 Å². The third-order valence-electron chi connectivity index (χ3n) is 3.65. The second-order valence-electron chi connectivity index (χ2n) is 5.27. The van der Waals surface area contributed by atoms with Gasteiger partial charge in [-0.1, -0.05) is 23.4 Å². The molecule has 0 bridgehead atoms. The maximum atomic E-state index is 13.6. The summed E-state index contributed by atoms with van der Waals surface area (Å²) >= 11 is 0. The summed E-state index contributed by atoms with van der Waals surface area (Å²) in [7, 11) is 0. The number of benzene rings is 2. The third kappa shape index (κ3) is 3.01. The zero-order valence-electron chi connectivity index (χ0n) is 12.9. The summed E-state index contributed by atoms with van der Waals surface area (Å²) in [6.45, 7) is 0.183. The SMILES string of the molecule is O=C(NCc1ccccc1F)c1nc(-c2ccc3c(c2)OCO3)no1. The number of hydrogen-bond acceptors (Lipinski definition) is 6. The highest BCUT2D eigenvalue weighted by molar-refractivity contribution is 5.89. The van der Waals surface area contributed by atoms with Gasteiger partial charge in [-0.2, -0.15) is 4.98 Å². The number of ether oxygens (including phenoxy) is 2. The average Bonchev–Trinajstić information content (AvgIpc) is 3.29. The van der Waals surface area contributed by atoms with Crippen molar-refractivity contribution in [2.24, 2.45) is 0 Å². The first kappa shape index (κ1) is 15.1. The highest BCUT2D eigenvalue weighted by Crippen LogP contribution is 2.35. The highest BCUT2D eigenvalue weighted by atomic mass is 19.1. The lowest BCUT2D eigenvalue weighted by Gasteiger charge is -2.03. The van der Waals surface area contributed by atoms with Crippen LogP contribution in [0.5, 0.6) is 11.5 Å². The molecule has 4 rings (SSSR count). The van der Waals surface area contributed by atoms with Gasteiger partial charge in [-0.15, -0.1) is 0 Å². The number of fused-ring (bicyclic) bond motifs is 1. The fourth-order valence-electron chi connectivity index (χ4n) is 2.36. The van der Waals surface area contributed by atoms with Gasteiger partial charge in [0.05, 0.1) is 0 Å². The molecule has 1 aromatic heterocycles. The van der Waals surface area contributed by atoms with Crippen LogP contribution in [0.3, 0.4) is 0 Å². The van der Waals surface area contributed by atoms with Crippen LogP contribution in [0.25, 0.3) is 11.4 Å².